The van der Waals surface area contributed by atoms with E-state index in [4.69, 9.17) is 4.84 Å². The lowest BCUT2D eigenvalue weighted by Gasteiger charge is -2.14. The van der Waals surface area contributed by atoms with E-state index in [9.17, 15) is 9.59 Å². The minimum Gasteiger partial charge on any atom is -0.317 e. The molecule has 2 aromatic carbocycles. The summed E-state index contributed by atoms with van der Waals surface area (Å²) in [7, 11) is 0. The average Bonchev–Trinajstić information content (AvgIpc) is 2.73. The first kappa shape index (κ1) is 23.9. The van der Waals surface area contributed by atoms with E-state index in [-0.39, 0.29) is 5.78 Å². The number of carbonyl (C=O) groups excluding carboxylic acids is 2. The summed E-state index contributed by atoms with van der Waals surface area (Å²) in [5, 5.41) is 3.97. The fraction of sp³-hybridized carbons (Fsp3) is 0.400. The van der Waals surface area contributed by atoms with Crippen LogP contribution in [0.5, 0.6) is 0 Å². The molecular weight excluding hydrogens is 394 g/mol. The van der Waals surface area contributed by atoms with Gasteiger partial charge in [-0.2, -0.15) is 0 Å². The van der Waals surface area contributed by atoms with Gasteiger partial charge in [0.2, 0.25) is 5.78 Å². The Hall–Kier alpha value is -2.40. The number of oxime groups is 1. The maximum absolute atomic E-state index is 13.0. The van der Waals surface area contributed by atoms with E-state index in [0.717, 1.165) is 35.5 Å². The smallest absolute Gasteiger partial charge is 0.317 e. The van der Waals surface area contributed by atoms with Crippen molar-refractivity contribution < 1.29 is 14.4 Å². The molecule has 160 valence electrons. The Morgan fingerprint density at radius 2 is 1.53 bits per heavy atom. The van der Waals surface area contributed by atoms with Crippen LogP contribution in [0, 0.1) is 5.41 Å². The van der Waals surface area contributed by atoms with Crippen LogP contribution in [-0.2, 0) is 9.63 Å². The Bertz CT molecular complexity index is 852. The molecule has 0 aliphatic rings. The molecule has 0 heterocycles. The molecule has 30 heavy (non-hydrogen) atoms. The second-order valence-electron chi connectivity index (χ2n) is 8.25. The quantitative estimate of drug-likeness (QED) is 0.136. The zero-order valence-corrected chi connectivity index (χ0v) is 19.1. The molecule has 0 radical (unpaired) electrons. The molecule has 4 nitrogen and oxygen atoms in total. The molecule has 2 rings (SSSR count). The highest BCUT2D eigenvalue weighted by atomic mass is 32.2. The number of hydrogen-bond acceptors (Lipinski definition) is 5. The van der Waals surface area contributed by atoms with Crippen molar-refractivity contribution in [3.8, 4) is 0 Å². The number of Topliss-reactive ketones (excluding diaryl/α,β-unsaturated/α-hetero) is 1. The van der Waals surface area contributed by atoms with Crippen molar-refractivity contribution in [2.75, 3.05) is 0 Å². The molecule has 0 spiro atoms. The number of carbonyl (C=O) groups is 2. The van der Waals surface area contributed by atoms with Crippen LogP contribution in [0.1, 0.15) is 70.2 Å². The minimum absolute atomic E-state index is 0.190. The molecule has 0 aliphatic heterocycles. The lowest BCUT2D eigenvalue weighted by molar-refractivity contribution is -0.152. The summed E-state index contributed by atoms with van der Waals surface area (Å²) in [6.45, 7) is 7.42. The van der Waals surface area contributed by atoms with E-state index in [1.165, 1.54) is 0 Å². The number of rotatable bonds is 10. The first-order valence-corrected chi connectivity index (χ1v) is 11.3. The Balaban J connectivity index is 2.11. The van der Waals surface area contributed by atoms with Gasteiger partial charge < -0.3 is 4.84 Å². The number of benzene rings is 2. The molecule has 0 bridgehead atoms. The van der Waals surface area contributed by atoms with Crippen molar-refractivity contribution in [3.05, 3.63) is 60.2 Å². The van der Waals surface area contributed by atoms with Crippen LogP contribution < -0.4 is 0 Å². The Morgan fingerprint density at radius 3 is 2.13 bits per heavy atom. The van der Waals surface area contributed by atoms with Crippen molar-refractivity contribution in [1.82, 2.24) is 0 Å². The molecule has 0 fully saturated rings. The molecule has 0 saturated carbocycles. The summed E-state index contributed by atoms with van der Waals surface area (Å²) in [6, 6.07) is 17.6. The van der Waals surface area contributed by atoms with E-state index < -0.39 is 11.4 Å². The summed E-state index contributed by atoms with van der Waals surface area (Å²) < 4.78 is 0. The van der Waals surface area contributed by atoms with Crippen LogP contribution in [0.3, 0.4) is 0 Å². The molecule has 0 aliphatic carbocycles. The molecule has 0 aromatic heterocycles. The average molecular weight is 426 g/mol. The molecule has 0 N–H and O–H groups in total. The van der Waals surface area contributed by atoms with Crippen molar-refractivity contribution in [2.24, 2.45) is 10.6 Å². The maximum atomic E-state index is 13.0. The largest absolute Gasteiger partial charge is 0.340 e. The number of hydrogen-bond donors (Lipinski definition) is 0. The summed E-state index contributed by atoms with van der Waals surface area (Å²) in [5.41, 5.74) is 0.177. The molecule has 5 heteroatoms. The third-order valence-electron chi connectivity index (χ3n) is 4.48. The number of unbranched alkanes of at least 4 members (excludes halogenated alkanes) is 3. The normalized spacial score (nSPS) is 11.9. The number of nitrogens with zero attached hydrogens (tertiary/aromatic N) is 1. The molecular formula is C25H31NO3S. The summed E-state index contributed by atoms with van der Waals surface area (Å²) in [5.74, 6) is -0.638. The van der Waals surface area contributed by atoms with E-state index in [1.807, 2.05) is 42.5 Å². The third-order valence-corrected chi connectivity index (χ3v) is 5.49. The topological polar surface area (TPSA) is 55.7 Å². The first-order chi connectivity index (χ1) is 14.3. The van der Waals surface area contributed by atoms with E-state index in [2.05, 4.69) is 12.1 Å². The van der Waals surface area contributed by atoms with E-state index in [0.29, 0.717) is 17.7 Å². The van der Waals surface area contributed by atoms with Gasteiger partial charge in [0.05, 0.1) is 5.41 Å². The highest BCUT2D eigenvalue weighted by molar-refractivity contribution is 7.99. The van der Waals surface area contributed by atoms with Gasteiger partial charge in [0.25, 0.3) is 0 Å². The molecule has 0 atom stereocenters. The standard InChI is InChI=1S/C25H31NO3S/c1-5-6-7-11-14-22(26-29-24(28)25(2,3)4)23(27)19-15-17-21(18-16-19)30-20-12-9-8-10-13-20/h8-10,12-13,15-18H,5-7,11,14H2,1-4H3/b26-22+. The predicted molar refractivity (Wildman–Crippen MR) is 123 cm³/mol. The van der Waals surface area contributed by atoms with E-state index in [1.54, 1.807) is 44.7 Å². The van der Waals surface area contributed by atoms with Crippen LogP contribution >= 0.6 is 11.8 Å². The van der Waals surface area contributed by atoms with Gasteiger partial charge in [-0.25, -0.2) is 4.79 Å². The lowest BCUT2D eigenvalue weighted by Crippen LogP contribution is -2.23. The van der Waals surface area contributed by atoms with Gasteiger partial charge in [-0.15, -0.1) is 0 Å². The Morgan fingerprint density at radius 1 is 0.900 bits per heavy atom. The van der Waals surface area contributed by atoms with Gasteiger partial charge in [0.15, 0.2) is 0 Å². The van der Waals surface area contributed by atoms with Gasteiger partial charge in [-0.05, 0) is 70.0 Å². The predicted octanol–water partition coefficient (Wildman–Crippen LogP) is 6.94. The lowest BCUT2D eigenvalue weighted by atomic mass is 9.98. The van der Waals surface area contributed by atoms with Gasteiger partial charge in [-0.3, -0.25) is 4.79 Å². The zero-order chi connectivity index (χ0) is 22.0. The van der Waals surface area contributed by atoms with Crippen molar-refractivity contribution >= 4 is 29.2 Å². The molecule has 0 unspecified atom stereocenters. The van der Waals surface area contributed by atoms with Crippen LogP contribution in [0.25, 0.3) is 0 Å². The monoisotopic (exact) mass is 425 g/mol. The minimum atomic E-state index is -0.670. The molecule has 0 amide bonds. The molecule has 2 aromatic rings. The second-order valence-corrected chi connectivity index (χ2v) is 9.39. The van der Waals surface area contributed by atoms with Gasteiger partial charge in [0, 0.05) is 15.4 Å². The van der Waals surface area contributed by atoms with Crippen molar-refractivity contribution in [2.45, 2.75) is 69.6 Å². The molecule has 0 saturated heterocycles. The fourth-order valence-electron chi connectivity index (χ4n) is 2.62. The summed E-state index contributed by atoms with van der Waals surface area (Å²) in [6.07, 6.45) is 4.57. The maximum Gasteiger partial charge on any atom is 0.340 e. The summed E-state index contributed by atoms with van der Waals surface area (Å²) in [4.78, 5) is 32.4. The second kappa shape index (κ2) is 11.7. The Labute approximate surface area is 184 Å². The van der Waals surface area contributed by atoms with Crippen LogP contribution in [0.4, 0.5) is 0 Å². The van der Waals surface area contributed by atoms with Crippen LogP contribution in [0.15, 0.2) is 69.5 Å². The van der Waals surface area contributed by atoms with Crippen molar-refractivity contribution in [3.63, 3.8) is 0 Å². The zero-order valence-electron chi connectivity index (χ0n) is 18.3. The SMILES string of the molecule is CCCCCC/C(=N\OC(=O)C(C)(C)C)C(=O)c1ccc(Sc2ccccc2)cc1. The van der Waals surface area contributed by atoms with Crippen LogP contribution in [0.2, 0.25) is 0 Å². The fourth-order valence-corrected chi connectivity index (χ4v) is 3.46. The van der Waals surface area contributed by atoms with Gasteiger partial charge >= 0.3 is 5.97 Å². The van der Waals surface area contributed by atoms with Gasteiger partial charge in [-0.1, -0.05) is 61.3 Å². The van der Waals surface area contributed by atoms with Crippen LogP contribution in [-0.4, -0.2) is 17.5 Å². The highest BCUT2D eigenvalue weighted by Crippen LogP contribution is 2.27. The van der Waals surface area contributed by atoms with Crippen molar-refractivity contribution in [1.29, 1.82) is 0 Å². The first-order valence-electron chi connectivity index (χ1n) is 10.5. The number of ketones is 1. The van der Waals surface area contributed by atoms with Gasteiger partial charge in [0.1, 0.15) is 5.71 Å². The highest BCUT2D eigenvalue weighted by Gasteiger charge is 2.24. The Kier molecular flexibility index (Phi) is 9.31. The van der Waals surface area contributed by atoms with E-state index >= 15 is 0 Å². The third kappa shape index (κ3) is 7.79. The summed E-state index contributed by atoms with van der Waals surface area (Å²) >= 11 is 1.64.